The Balaban J connectivity index is 3.16. The molecule has 0 saturated heterocycles. The van der Waals surface area contributed by atoms with Gasteiger partial charge in [-0.2, -0.15) is 0 Å². The minimum absolute atomic E-state index is 0.469. The number of ether oxygens (including phenoxy) is 1. The average Bonchev–Trinajstić information content (AvgIpc) is 2.08. The van der Waals surface area contributed by atoms with Crippen molar-refractivity contribution in [1.29, 1.82) is 0 Å². The first-order chi connectivity index (χ1) is 5.69. The Morgan fingerprint density at radius 3 is 2.58 bits per heavy atom. The summed E-state index contributed by atoms with van der Waals surface area (Å²) in [5.74, 6) is 0.810. The molecule has 1 aromatic rings. The second-order valence-electron chi connectivity index (χ2n) is 2.72. The van der Waals surface area contributed by atoms with E-state index in [2.05, 4.69) is 0 Å². The first-order valence-electron chi connectivity index (χ1n) is 3.82. The topological polar surface area (TPSA) is 61.3 Å². The lowest BCUT2D eigenvalue weighted by Gasteiger charge is -2.08. The Morgan fingerprint density at radius 1 is 1.42 bits per heavy atom. The van der Waals surface area contributed by atoms with Crippen molar-refractivity contribution in [2.24, 2.45) is 5.73 Å². The van der Waals surface area contributed by atoms with Gasteiger partial charge in [-0.25, -0.2) is 0 Å². The number of anilines is 1. The molecule has 0 fully saturated rings. The molecule has 0 atom stereocenters. The highest BCUT2D eigenvalue weighted by Crippen LogP contribution is 2.23. The van der Waals surface area contributed by atoms with Crippen LogP contribution in [-0.2, 0) is 6.54 Å². The van der Waals surface area contributed by atoms with Crippen molar-refractivity contribution in [2.45, 2.75) is 13.5 Å². The lowest BCUT2D eigenvalue weighted by molar-refractivity contribution is 0.412. The molecule has 0 radical (unpaired) electrons. The molecule has 12 heavy (non-hydrogen) atoms. The number of methoxy groups -OCH3 is 1. The fourth-order valence-electron chi connectivity index (χ4n) is 1.16. The van der Waals surface area contributed by atoms with Crippen LogP contribution in [0.15, 0.2) is 12.1 Å². The number of hydrogen-bond acceptors (Lipinski definition) is 3. The summed E-state index contributed by atoms with van der Waals surface area (Å²) < 4.78 is 5.10. The van der Waals surface area contributed by atoms with Crippen molar-refractivity contribution in [1.82, 2.24) is 0 Å². The molecule has 0 aromatic heterocycles. The minimum atomic E-state index is 0.469. The normalized spacial score (nSPS) is 9.92. The van der Waals surface area contributed by atoms with E-state index in [-0.39, 0.29) is 0 Å². The summed E-state index contributed by atoms with van der Waals surface area (Å²) in [6, 6.07) is 3.76. The average molecular weight is 166 g/mol. The van der Waals surface area contributed by atoms with Gasteiger partial charge in [0.1, 0.15) is 5.75 Å². The van der Waals surface area contributed by atoms with E-state index in [1.165, 1.54) is 0 Å². The Kier molecular flexibility index (Phi) is 2.55. The summed E-state index contributed by atoms with van der Waals surface area (Å²) in [5, 5.41) is 0. The maximum atomic E-state index is 5.72. The van der Waals surface area contributed by atoms with Gasteiger partial charge in [0.25, 0.3) is 0 Å². The quantitative estimate of drug-likeness (QED) is 0.645. The van der Waals surface area contributed by atoms with Gasteiger partial charge in [0.15, 0.2) is 0 Å². The molecule has 0 bridgehead atoms. The number of nitrogen functional groups attached to an aromatic ring is 1. The van der Waals surface area contributed by atoms with Gasteiger partial charge in [0.2, 0.25) is 0 Å². The molecule has 0 unspecified atom stereocenters. The van der Waals surface area contributed by atoms with E-state index in [0.717, 1.165) is 16.9 Å². The second kappa shape index (κ2) is 3.45. The summed E-state index contributed by atoms with van der Waals surface area (Å²) in [6.07, 6.45) is 0. The highest BCUT2D eigenvalue weighted by atomic mass is 16.5. The number of hydrogen-bond donors (Lipinski definition) is 2. The first-order valence-corrected chi connectivity index (χ1v) is 3.82. The van der Waals surface area contributed by atoms with Crippen molar-refractivity contribution < 1.29 is 4.74 Å². The van der Waals surface area contributed by atoms with Gasteiger partial charge in [0, 0.05) is 18.3 Å². The van der Waals surface area contributed by atoms with Crippen molar-refractivity contribution >= 4 is 5.69 Å². The number of nitrogens with two attached hydrogens (primary N) is 2. The van der Waals surface area contributed by atoms with Crippen LogP contribution in [0.4, 0.5) is 5.69 Å². The highest BCUT2D eigenvalue weighted by molar-refractivity contribution is 5.54. The zero-order valence-corrected chi connectivity index (χ0v) is 7.42. The molecule has 3 heteroatoms. The molecule has 0 aliphatic rings. The molecule has 0 amide bonds. The minimum Gasteiger partial charge on any atom is -0.496 e. The van der Waals surface area contributed by atoms with E-state index in [1.54, 1.807) is 13.2 Å². The van der Waals surface area contributed by atoms with Crippen LogP contribution in [0.25, 0.3) is 0 Å². The lowest BCUT2D eigenvalue weighted by Crippen LogP contribution is -2.02. The summed E-state index contributed by atoms with van der Waals surface area (Å²) >= 11 is 0. The van der Waals surface area contributed by atoms with Crippen molar-refractivity contribution in [2.75, 3.05) is 12.8 Å². The fourth-order valence-corrected chi connectivity index (χ4v) is 1.16. The van der Waals surface area contributed by atoms with Crippen LogP contribution in [0, 0.1) is 6.92 Å². The van der Waals surface area contributed by atoms with Gasteiger partial charge in [0.05, 0.1) is 7.11 Å². The molecule has 1 rings (SSSR count). The molecule has 0 spiro atoms. The molecule has 0 aliphatic heterocycles. The summed E-state index contributed by atoms with van der Waals surface area (Å²) in [4.78, 5) is 0. The van der Waals surface area contributed by atoms with Gasteiger partial charge >= 0.3 is 0 Å². The smallest absolute Gasteiger partial charge is 0.123 e. The van der Waals surface area contributed by atoms with Crippen molar-refractivity contribution in [3.05, 3.63) is 23.3 Å². The molecule has 0 saturated carbocycles. The van der Waals surface area contributed by atoms with Gasteiger partial charge in [-0.05, 0) is 24.1 Å². The van der Waals surface area contributed by atoms with E-state index in [0.29, 0.717) is 12.2 Å². The maximum absolute atomic E-state index is 5.72. The predicted molar refractivity (Wildman–Crippen MR) is 50.0 cm³/mol. The number of aryl methyl sites for hydroxylation is 1. The SMILES string of the molecule is COc1cc(N)c(CN)cc1C. The van der Waals surface area contributed by atoms with Crippen LogP contribution in [0.2, 0.25) is 0 Å². The van der Waals surface area contributed by atoms with Gasteiger partial charge in [-0.1, -0.05) is 0 Å². The third-order valence-electron chi connectivity index (χ3n) is 1.88. The Morgan fingerprint density at radius 2 is 2.08 bits per heavy atom. The summed E-state index contributed by atoms with van der Waals surface area (Å²) in [7, 11) is 1.63. The van der Waals surface area contributed by atoms with Crippen LogP contribution in [0.1, 0.15) is 11.1 Å². The monoisotopic (exact) mass is 166 g/mol. The van der Waals surface area contributed by atoms with Gasteiger partial charge < -0.3 is 16.2 Å². The standard InChI is InChI=1S/C9H14N2O/c1-6-3-7(5-10)8(11)4-9(6)12-2/h3-4H,5,10-11H2,1-2H3. The molecular weight excluding hydrogens is 152 g/mol. The molecule has 0 heterocycles. The maximum Gasteiger partial charge on any atom is 0.123 e. The molecule has 3 nitrogen and oxygen atoms in total. The van der Waals surface area contributed by atoms with E-state index in [4.69, 9.17) is 16.2 Å². The second-order valence-corrected chi connectivity index (χ2v) is 2.72. The first kappa shape index (κ1) is 8.87. The Labute approximate surface area is 72.3 Å². The molecule has 4 N–H and O–H groups in total. The largest absolute Gasteiger partial charge is 0.496 e. The lowest BCUT2D eigenvalue weighted by atomic mass is 10.1. The van der Waals surface area contributed by atoms with Crippen LogP contribution in [-0.4, -0.2) is 7.11 Å². The van der Waals surface area contributed by atoms with Crippen LogP contribution in [0.5, 0.6) is 5.75 Å². The van der Waals surface area contributed by atoms with Crippen LogP contribution >= 0.6 is 0 Å². The number of rotatable bonds is 2. The third-order valence-corrected chi connectivity index (χ3v) is 1.88. The van der Waals surface area contributed by atoms with Gasteiger partial charge in [-0.15, -0.1) is 0 Å². The van der Waals surface area contributed by atoms with Crippen LogP contribution in [0.3, 0.4) is 0 Å². The molecule has 1 aromatic carbocycles. The summed E-state index contributed by atoms with van der Waals surface area (Å²) in [6.45, 7) is 2.44. The van der Waals surface area contributed by atoms with Crippen molar-refractivity contribution in [3.63, 3.8) is 0 Å². The zero-order chi connectivity index (χ0) is 9.14. The Bertz CT molecular complexity index is 254. The molecule has 66 valence electrons. The number of benzene rings is 1. The third kappa shape index (κ3) is 1.51. The van der Waals surface area contributed by atoms with Gasteiger partial charge in [-0.3, -0.25) is 0 Å². The van der Waals surface area contributed by atoms with E-state index < -0.39 is 0 Å². The fraction of sp³-hybridized carbons (Fsp3) is 0.333. The molecule has 0 aliphatic carbocycles. The summed E-state index contributed by atoms with van der Waals surface area (Å²) in [5.41, 5.74) is 13.9. The van der Waals surface area contributed by atoms with Crippen LogP contribution < -0.4 is 16.2 Å². The predicted octanol–water partition coefficient (Wildman–Crippen LogP) is 1.04. The van der Waals surface area contributed by atoms with E-state index >= 15 is 0 Å². The van der Waals surface area contributed by atoms with Crippen molar-refractivity contribution in [3.8, 4) is 5.75 Å². The highest BCUT2D eigenvalue weighted by Gasteiger charge is 2.02. The van der Waals surface area contributed by atoms with E-state index in [1.807, 2.05) is 13.0 Å². The Hall–Kier alpha value is -1.22. The van der Waals surface area contributed by atoms with E-state index in [9.17, 15) is 0 Å². The zero-order valence-electron chi connectivity index (χ0n) is 7.42. The molecular formula is C9H14N2O.